The summed E-state index contributed by atoms with van der Waals surface area (Å²) in [6.45, 7) is 3.95. The molecule has 0 aromatic carbocycles. The summed E-state index contributed by atoms with van der Waals surface area (Å²) in [6, 6.07) is 1.72. The fourth-order valence-corrected chi connectivity index (χ4v) is 4.48. The average Bonchev–Trinajstić information content (AvgIpc) is 3.07. The molecule has 0 fully saturated rings. The largest absolute Gasteiger partial charge is 0.313 e. The van der Waals surface area contributed by atoms with Crippen molar-refractivity contribution in [1.82, 2.24) is 15.0 Å². The number of nitrogens with one attached hydrogen (secondary N) is 2. The summed E-state index contributed by atoms with van der Waals surface area (Å²) in [7, 11) is -3.40. The van der Waals surface area contributed by atoms with Gasteiger partial charge in [0.1, 0.15) is 4.21 Å². The molecule has 0 saturated carbocycles. The maximum Gasteiger partial charge on any atom is 0.250 e. The van der Waals surface area contributed by atoms with E-state index in [1.165, 1.54) is 22.7 Å². The van der Waals surface area contributed by atoms with Gasteiger partial charge in [0.15, 0.2) is 0 Å². The van der Waals surface area contributed by atoms with Gasteiger partial charge in [0.2, 0.25) is 10.0 Å². The van der Waals surface area contributed by atoms with E-state index in [4.69, 9.17) is 0 Å². The number of thiophene rings is 1. The van der Waals surface area contributed by atoms with Crippen LogP contribution in [0, 0.1) is 0 Å². The molecule has 5 nitrogen and oxygen atoms in total. The van der Waals surface area contributed by atoms with Crippen molar-refractivity contribution in [3.05, 3.63) is 33.6 Å². The van der Waals surface area contributed by atoms with E-state index in [0.29, 0.717) is 23.7 Å². The zero-order valence-electron chi connectivity index (χ0n) is 11.1. The van der Waals surface area contributed by atoms with Gasteiger partial charge in [-0.05, 0) is 23.6 Å². The van der Waals surface area contributed by atoms with Crippen molar-refractivity contribution in [1.29, 1.82) is 0 Å². The summed E-state index contributed by atoms with van der Waals surface area (Å²) in [4.78, 5) is 4.12. The van der Waals surface area contributed by atoms with Crippen molar-refractivity contribution in [2.24, 2.45) is 0 Å². The SMILES string of the molecule is CCNCc1csc(S(=O)(=O)NCCc2cscn2)c1. The molecule has 0 bridgehead atoms. The first-order valence-electron chi connectivity index (χ1n) is 6.26. The molecule has 2 heterocycles. The Hall–Kier alpha value is -0.800. The van der Waals surface area contributed by atoms with E-state index < -0.39 is 10.0 Å². The maximum absolute atomic E-state index is 12.1. The Kier molecular flexibility index (Phi) is 5.67. The lowest BCUT2D eigenvalue weighted by Gasteiger charge is -2.03. The third kappa shape index (κ3) is 4.35. The molecule has 0 aliphatic heterocycles. The molecule has 20 heavy (non-hydrogen) atoms. The summed E-state index contributed by atoms with van der Waals surface area (Å²) in [5, 5.41) is 6.97. The highest BCUT2D eigenvalue weighted by Gasteiger charge is 2.16. The first-order valence-corrected chi connectivity index (χ1v) is 9.57. The Morgan fingerprint density at radius 1 is 1.35 bits per heavy atom. The number of sulfonamides is 1. The van der Waals surface area contributed by atoms with E-state index in [1.807, 2.05) is 17.7 Å². The Balaban J connectivity index is 1.90. The van der Waals surface area contributed by atoms with Crippen LogP contribution in [0.2, 0.25) is 0 Å². The first-order chi connectivity index (χ1) is 9.62. The third-order valence-electron chi connectivity index (χ3n) is 2.63. The van der Waals surface area contributed by atoms with Crippen molar-refractivity contribution in [2.45, 2.75) is 24.1 Å². The van der Waals surface area contributed by atoms with Crippen molar-refractivity contribution in [2.75, 3.05) is 13.1 Å². The van der Waals surface area contributed by atoms with E-state index >= 15 is 0 Å². The monoisotopic (exact) mass is 331 g/mol. The second-order valence-electron chi connectivity index (χ2n) is 4.18. The summed E-state index contributed by atoms with van der Waals surface area (Å²) in [5.74, 6) is 0. The van der Waals surface area contributed by atoms with E-state index in [1.54, 1.807) is 11.6 Å². The molecule has 0 unspecified atom stereocenters. The Labute approximate surface area is 127 Å². The van der Waals surface area contributed by atoms with Gasteiger partial charge >= 0.3 is 0 Å². The van der Waals surface area contributed by atoms with Crippen LogP contribution in [0.4, 0.5) is 0 Å². The zero-order chi connectivity index (χ0) is 14.4. The van der Waals surface area contributed by atoms with Crippen molar-refractivity contribution < 1.29 is 8.42 Å². The molecule has 2 aromatic rings. The molecule has 2 aromatic heterocycles. The fraction of sp³-hybridized carbons (Fsp3) is 0.417. The van der Waals surface area contributed by atoms with Gasteiger partial charge in [-0.2, -0.15) is 0 Å². The molecule has 2 rings (SSSR count). The van der Waals surface area contributed by atoms with Crippen LogP contribution in [-0.2, 0) is 23.0 Å². The fourth-order valence-electron chi connectivity index (χ4n) is 1.60. The van der Waals surface area contributed by atoms with E-state index in [2.05, 4.69) is 15.0 Å². The number of hydrogen-bond acceptors (Lipinski definition) is 6. The van der Waals surface area contributed by atoms with Crippen LogP contribution in [0.3, 0.4) is 0 Å². The van der Waals surface area contributed by atoms with Crippen LogP contribution in [0.5, 0.6) is 0 Å². The van der Waals surface area contributed by atoms with Crippen molar-refractivity contribution >= 4 is 32.7 Å². The predicted molar refractivity (Wildman–Crippen MR) is 82.7 cm³/mol. The van der Waals surface area contributed by atoms with E-state index in [0.717, 1.165) is 17.8 Å². The molecular formula is C12H17N3O2S3. The Morgan fingerprint density at radius 2 is 2.20 bits per heavy atom. The van der Waals surface area contributed by atoms with Crippen LogP contribution in [0.1, 0.15) is 18.2 Å². The summed E-state index contributed by atoms with van der Waals surface area (Å²) in [6.07, 6.45) is 0.609. The molecule has 0 aliphatic rings. The molecule has 0 atom stereocenters. The molecule has 8 heteroatoms. The highest BCUT2D eigenvalue weighted by Crippen LogP contribution is 2.20. The lowest BCUT2D eigenvalue weighted by Crippen LogP contribution is -2.25. The topological polar surface area (TPSA) is 71.1 Å². The third-order valence-corrected chi connectivity index (χ3v) is 6.22. The van der Waals surface area contributed by atoms with Crippen LogP contribution in [0.15, 0.2) is 26.5 Å². The lowest BCUT2D eigenvalue weighted by atomic mass is 10.3. The van der Waals surface area contributed by atoms with Gasteiger partial charge in [-0.1, -0.05) is 6.92 Å². The van der Waals surface area contributed by atoms with Gasteiger partial charge in [0, 0.05) is 24.9 Å². The minimum absolute atomic E-state index is 0.365. The van der Waals surface area contributed by atoms with Crippen molar-refractivity contribution in [3.63, 3.8) is 0 Å². The van der Waals surface area contributed by atoms with E-state index in [-0.39, 0.29) is 0 Å². The number of thiazole rings is 1. The molecule has 0 spiro atoms. The minimum Gasteiger partial charge on any atom is -0.313 e. The van der Waals surface area contributed by atoms with Gasteiger partial charge in [0.25, 0.3) is 0 Å². The molecule has 0 saturated heterocycles. The average molecular weight is 331 g/mol. The first kappa shape index (κ1) is 15.6. The van der Waals surface area contributed by atoms with Gasteiger partial charge in [-0.25, -0.2) is 18.1 Å². The highest BCUT2D eigenvalue weighted by atomic mass is 32.2. The van der Waals surface area contributed by atoms with E-state index in [9.17, 15) is 8.42 Å². The van der Waals surface area contributed by atoms with Gasteiger partial charge in [0.05, 0.1) is 11.2 Å². The molecule has 110 valence electrons. The lowest BCUT2D eigenvalue weighted by molar-refractivity contribution is 0.583. The quantitative estimate of drug-likeness (QED) is 0.774. The predicted octanol–water partition coefficient (Wildman–Crippen LogP) is 1.84. The normalized spacial score (nSPS) is 11.8. The zero-order valence-corrected chi connectivity index (χ0v) is 13.6. The molecule has 0 amide bonds. The summed E-state index contributed by atoms with van der Waals surface area (Å²) < 4.78 is 27.2. The second kappa shape index (κ2) is 7.28. The maximum atomic E-state index is 12.1. The van der Waals surface area contributed by atoms with Gasteiger partial charge in [-0.15, -0.1) is 22.7 Å². The molecular weight excluding hydrogens is 314 g/mol. The van der Waals surface area contributed by atoms with Crippen LogP contribution in [-0.4, -0.2) is 26.5 Å². The highest BCUT2D eigenvalue weighted by molar-refractivity contribution is 7.91. The van der Waals surface area contributed by atoms with Crippen LogP contribution < -0.4 is 10.0 Å². The summed E-state index contributed by atoms with van der Waals surface area (Å²) in [5.41, 5.74) is 3.66. The van der Waals surface area contributed by atoms with Crippen molar-refractivity contribution in [3.8, 4) is 0 Å². The molecule has 2 N–H and O–H groups in total. The molecule has 0 aliphatic carbocycles. The Morgan fingerprint density at radius 3 is 2.90 bits per heavy atom. The van der Waals surface area contributed by atoms with Gasteiger partial charge < -0.3 is 5.32 Å². The van der Waals surface area contributed by atoms with Gasteiger partial charge in [-0.3, -0.25) is 0 Å². The number of nitrogens with zero attached hydrogens (tertiary/aromatic N) is 1. The molecule has 0 radical (unpaired) electrons. The Bertz CT molecular complexity index is 620. The smallest absolute Gasteiger partial charge is 0.250 e. The number of rotatable bonds is 8. The standard InChI is InChI=1S/C12H17N3O2S3/c1-2-13-6-10-5-12(19-7-10)20(16,17)15-4-3-11-8-18-9-14-11/h5,7-9,13,15H,2-4,6H2,1H3. The van der Waals surface area contributed by atoms with Crippen LogP contribution in [0.25, 0.3) is 0 Å². The minimum atomic E-state index is -3.40. The number of hydrogen-bond donors (Lipinski definition) is 2. The number of aromatic nitrogens is 1. The van der Waals surface area contributed by atoms with Crippen LogP contribution >= 0.6 is 22.7 Å². The summed E-state index contributed by atoms with van der Waals surface area (Å²) >= 11 is 2.76. The second-order valence-corrected chi connectivity index (χ2v) is 7.81.